The van der Waals surface area contributed by atoms with E-state index in [1.54, 1.807) is 0 Å². The molecule has 0 aliphatic heterocycles. The highest BCUT2D eigenvalue weighted by Gasteiger charge is 2.36. The molecule has 3 nitrogen and oxygen atoms in total. The van der Waals surface area contributed by atoms with Crippen molar-refractivity contribution in [3.63, 3.8) is 0 Å². The standard InChI is InChI=1S/C13H23N3/c1-13(2)5-4-10(9-14)11(8-13)12-15-6-7-16(12)3/h6-7,10-11H,4-5,8-9,14H2,1-3H3. The van der Waals surface area contributed by atoms with E-state index >= 15 is 0 Å². The Balaban J connectivity index is 2.25. The number of imidazole rings is 1. The second-order valence-corrected chi connectivity index (χ2v) is 5.91. The van der Waals surface area contributed by atoms with Gasteiger partial charge in [-0.05, 0) is 37.1 Å². The number of nitrogens with two attached hydrogens (primary N) is 1. The Hall–Kier alpha value is -0.830. The SMILES string of the molecule is Cn1ccnc1C1CC(C)(C)CCC1CN. The minimum atomic E-state index is 0.433. The molecule has 1 heterocycles. The Morgan fingerprint density at radius 1 is 1.56 bits per heavy atom. The molecule has 0 bridgehead atoms. The lowest BCUT2D eigenvalue weighted by atomic mass is 9.67. The minimum absolute atomic E-state index is 0.433. The number of aromatic nitrogens is 2. The van der Waals surface area contributed by atoms with Crippen LogP contribution in [0.25, 0.3) is 0 Å². The Kier molecular flexibility index (Phi) is 3.06. The van der Waals surface area contributed by atoms with Crippen LogP contribution in [0.15, 0.2) is 12.4 Å². The van der Waals surface area contributed by atoms with Gasteiger partial charge in [0.15, 0.2) is 0 Å². The van der Waals surface area contributed by atoms with Crippen LogP contribution in [-0.4, -0.2) is 16.1 Å². The van der Waals surface area contributed by atoms with Crippen LogP contribution in [0.1, 0.15) is 44.9 Å². The molecule has 1 aromatic rings. The Labute approximate surface area is 98.1 Å². The third kappa shape index (κ3) is 2.14. The third-order valence-electron chi connectivity index (χ3n) is 4.03. The Bertz CT molecular complexity index is 354. The van der Waals surface area contributed by atoms with Crippen molar-refractivity contribution >= 4 is 0 Å². The normalized spacial score (nSPS) is 29.2. The Morgan fingerprint density at radius 2 is 2.31 bits per heavy atom. The number of aryl methyl sites for hydroxylation is 1. The first kappa shape index (κ1) is 11.6. The predicted octanol–water partition coefficient (Wildman–Crippen LogP) is 2.29. The summed E-state index contributed by atoms with van der Waals surface area (Å²) in [5.74, 6) is 2.35. The predicted molar refractivity (Wildman–Crippen MR) is 66.1 cm³/mol. The molecule has 2 rings (SSSR count). The van der Waals surface area contributed by atoms with Crippen LogP contribution in [0.2, 0.25) is 0 Å². The summed E-state index contributed by atoms with van der Waals surface area (Å²) < 4.78 is 2.15. The van der Waals surface area contributed by atoms with Gasteiger partial charge in [-0.15, -0.1) is 0 Å². The van der Waals surface area contributed by atoms with Gasteiger partial charge in [-0.3, -0.25) is 0 Å². The summed E-state index contributed by atoms with van der Waals surface area (Å²) in [7, 11) is 2.08. The van der Waals surface area contributed by atoms with Gasteiger partial charge in [0, 0.05) is 25.4 Å². The van der Waals surface area contributed by atoms with Gasteiger partial charge in [0.05, 0.1) is 0 Å². The second-order valence-electron chi connectivity index (χ2n) is 5.91. The molecular formula is C13H23N3. The van der Waals surface area contributed by atoms with Gasteiger partial charge in [-0.25, -0.2) is 4.98 Å². The van der Waals surface area contributed by atoms with Crippen molar-refractivity contribution < 1.29 is 0 Å². The van der Waals surface area contributed by atoms with E-state index in [4.69, 9.17) is 5.73 Å². The summed E-state index contributed by atoms with van der Waals surface area (Å²) in [5, 5.41) is 0. The van der Waals surface area contributed by atoms with Crippen molar-refractivity contribution in [2.75, 3.05) is 6.54 Å². The Morgan fingerprint density at radius 3 is 2.88 bits per heavy atom. The average Bonchev–Trinajstić information content (AvgIpc) is 2.63. The quantitative estimate of drug-likeness (QED) is 0.832. The maximum Gasteiger partial charge on any atom is 0.111 e. The lowest BCUT2D eigenvalue weighted by Gasteiger charge is -2.40. The molecule has 0 amide bonds. The smallest absolute Gasteiger partial charge is 0.111 e. The molecule has 2 unspecified atom stereocenters. The zero-order chi connectivity index (χ0) is 11.8. The van der Waals surface area contributed by atoms with E-state index in [0.29, 0.717) is 17.3 Å². The maximum atomic E-state index is 5.90. The number of hydrogen-bond donors (Lipinski definition) is 1. The monoisotopic (exact) mass is 221 g/mol. The highest BCUT2D eigenvalue weighted by molar-refractivity contribution is 5.06. The van der Waals surface area contributed by atoms with Gasteiger partial charge in [0.25, 0.3) is 0 Å². The largest absolute Gasteiger partial charge is 0.338 e. The average molecular weight is 221 g/mol. The van der Waals surface area contributed by atoms with E-state index < -0.39 is 0 Å². The number of rotatable bonds is 2. The van der Waals surface area contributed by atoms with Crippen LogP contribution < -0.4 is 5.73 Å². The molecular weight excluding hydrogens is 198 g/mol. The minimum Gasteiger partial charge on any atom is -0.338 e. The van der Waals surface area contributed by atoms with Crippen LogP contribution in [0.3, 0.4) is 0 Å². The zero-order valence-corrected chi connectivity index (χ0v) is 10.6. The fourth-order valence-corrected chi connectivity index (χ4v) is 2.96. The number of nitrogens with zero attached hydrogens (tertiary/aromatic N) is 2. The van der Waals surface area contributed by atoms with Crippen LogP contribution >= 0.6 is 0 Å². The van der Waals surface area contributed by atoms with Crippen molar-refractivity contribution in [2.24, 2.45) is 24.1 Å². The molecule has 2 N–H and O–H groups in total. The lowest BCUT2D eigenvalue weighted by molar-refractivity contribution is 0.159. The third-order valence-corrected chi connectivity index (χ3v) is 4.03. The van der Waals surface area contributed by atoms with Crippen molar-refractivity contribution in [1.29, 1.82) is 0 Å². The van der Waals surface area contributed by atoms with Crippen molar-refractivity contribution in [3.8, 4) is 0 Å². The molecule has 0 aromatic carbocycles. The summed E-state index contributed by atoms with van der Waals surface area (Å²) in [6.07, 6.45) is 7.66. The van der Waals surface area contributed by atoms with Gasteiger partial charge in [0.1, 0.15) is 5.82 Å². The van der Waals surface area contributed by atoms with E-state index in [0.717, 1.165) is 6.54 Å². The van der Waals surface area contributed by atoms with Gasteiger partial charge < -0.3 is 10.3 Å². The highest BCUT2D eigenvalue weighted by Crippen LogP contribution is 2.45. The van der Waals surface area contributed by atoms with Gasteiger partial charge in [0.2, 0.25) is 0 Å². The van der Waals surface area contributed by atoms with Crippen LogP contribution in [0.4, 0.5) is 0 Å². The fourth-order valence-electron chi connectivity index (χ4n) is 2.96. The van der Waals surface area contributed by atoms with Gasteiger partial charge in [-0.2, -0.15) is 0 Å². The van der Waals surface area contributed by atoms with E-state index in [2.05, 4.69) is 30.4 Å². The van der Waals surface area contributed by atoms with E-state index in [1.165, 1.54) is 25.1 Å². The molecule has 0 spiro atoms. The first-order valence-electron chi connectivity index (χ1n) is 6.21. The molecule has 1 aliphatic rings. The molecule has 3 heteroatoms. The highest BCUT2D eigenvalue weighted by atomic mass is 15.0. The van der Waals surface area contributed by atoms with Crippen LogP contribution in [-0.2, 0) is 7.05 Å². The zero-order valence-electron chi connectivity index (χ0n) is 10.6. The first-order valence-corrected chi connectivity index (χ1v) is 6.21. The summed E-state index contributed by atoms with van der Waals surface area (Å²) in [6, 6.07) is 0. The number of hydrogen-bond acceptors (Lipinski definition) is 2. The fraction of sp³-hybridized carbons (Fsp3) is 0.769. The summed E-state index contributed by atoms with van der Waals surface area (Å²) in [6.45, 7) is 5.50. The van der Waals surface area contributed by atoms with Gasteiger partial charge >= 0.3 is 0 Å². The topological polar surface area (TPSA) is 43.8 Å². The molecule has 90 valence electrons. The second kappa shape index (κ2) is 4.21. The summed E-state index contributed by atoms with van der Waals surface area (Å²) >= 11 is 0. The molecule has 16 heavy (non-hydrogen) atoms. The molecule has 0 radical (unpaired) electrons. The van der Waals surface area contributed by atoms with Crippen LogP contribution in [0.5, 0.6) is 0 Å². The summed E-state index contributed by atoms with van der Waals surface area (Å²) in [4.78, 5) is 4.51. The summed E-state index contributed by atoms with van der Waals surface area (Å²) in [5.41, 5.74) is 6.33. The molecule has 1 aromatic heterocycles. The first-order chi connectivity index (χ1) is 7.53. The van der Waals surface area contributed by atoms with Gasteiger partial charge in [-0.1, -0.05) is 13.8 Å². The molecule has 1 fully saturated rings. The van der Waals surface area contributed by atoms with Crippen molar-refractivity contribution in [1.82, 2.24) is 9.55 Å². The van der Waals surface area contributed by atoms with Crippen molar-refractivity contribution in [3.05, 3.63) is 18.2 Å². The molecule has 0 saturated heterocycles. The van der Waals surface area contributed by atoms with E-state index in [1.807, 2.05) is 12.4 Å². The molecule has 2 atom stereocenters. The maximum absolute atomic E-state index is 5.90. The lowest BCUT2D eigenvalue weighted by Crippen LogP contribution is -2.33. The van der Waals surface area contributed by atoms with Crippen LogP contribution in [0, 0.1) is 11.3 Å². The molecule has 1 saturated carbocycles. The van der Waals surface area contributed by atoms with Crippen molar-refractivity contribution in [2.45, 2.75) is 39.0 Å². The molecule has 1 aliphatic carbocycles. The van der Waals surface area contributed by atoms with E-state index in [-0.39, 0.29) is 0 Å². The van der Waals surface area contributed by atoms with E-state index in [9.17, 15) is 0 Å².